The number of allylic oxidation sites excluding steroid dienone is 1. The zero-order valence-electron chi connectivity index (χ0n) is 22.2. The molecule has 0 aliphatic carbocycles. The van der Waals surface area contributed by atoms with Crippen LogP contribution >= 0.6 is 22.9 Å². The predicted molar refractivity (Wildman–Crippen MR) is 152 cm³/mol. The molecule has 0 radical (unpaired) electrons. The Kier molecular flexibility index (Phi) is 7.60. The van der Waals surface area contributed by atoms with E-state index in [0.29, 0.717) is 48.3 Å². The Morgan fingerprint density at radius 2 is 1.85 bits per heavy atom. The van der Waals surface area contributed by atoms with Crippen molar-refractivity contribution in [3.05, 3.63) is 113 Å². The van der Waals surface area contributed by atoms with Gasteiger partial charge in [0.1, 0.15) is 11.5 Å². The molecular formula is C30H25ClN2O6S. The Bertz CT molecular complexity index is 1850. The van der Waals surface area contributed by atoms with Gasteiger partial charge in [-0.2, -0.15) is 0 Å². The normalized spacial score (nSPS) is 15.0. The third-order valence-corrected chi connectivity index (χ3v) is 7.75. The molecule has 40 heavy (non-hydrogen) atoms. The predicted octanol–water partition coefficient (Wildman–Crippen LogP) is 4.81. The van der Waals surface area contributed by atoms with Gasteiger partial charge in [-0.1, -0.05) is 41.1 Å². The van der Waals surface area contributed by atoms with Crippen molar-refractivity contribution in [3.8, 4) is 11.3 Å². The van der Waals surface area contributed by atoms with Gasteiger partial charge in [-0.25, -0.2) is 14.6 Å². The largest absolute Gasteiger partial charge is 0.465 e. The molecule has 0 unspecified atom stereocenters. The fraction of sp³-hybridized carbons (Fsp3) is 0.200. The Labute approximate surface area is 238 Å². The maximum Gasteiger partial charge on any atom is 0.338 e. The van der Waals surface area contributed by atoms with E-state index in [2.05, 4.69) is 4.99 Å². The van der Waals surface area contributed by atoms with Crippen molar-refractivity contribution >= 4 is 41.0 Å². The summed E-state index contributed by atoms with van der Waals surface area (Å²) in [5, 5.41) is 0.540. The molecule has 5 rings (SSSR count). The summed E-state index contributed by atoms with van der Waals surface area (Å²) in [7, 11) is 1.34. The second-order valence-corrected chi connectivity index (χ2v) is 10.5. The first kappa shape index (κ1) is 27.4. The molecule has 0 spiro atoms. The molecule has 2 aromatic heterocycles. The van der Waals surface area contributed by atoms with Gasteiger partial charge >= 0.3 is 11.9 Å². The Balaban J connectivity index is 1.58. The molecule has 0 fully saturated rings. The molecular weight excluding hydrogens is 552 g/mol. The number of methoxy groups -OCH3 is 1. The van der Waals surface area contributed by atoms with Crippen LogP contribution in [0.15, 0.2) is 80.1 Å². The summed E-state index contributed by atoms with van der Waals surface area (Å²) in [4.78, 5) is 43.6. The van der Waals surface area contributed by atoms with E-state index in [1.807, 2.05) is 13.0 Å². The first-order chi connectivity index (χ1) is 19.2. The highest BCUT2D eigenvalue weighted by Crippen LogP contribution is 2.31. The zero-order valence-corrected chi connectivity index (χ0v) is 23.8. The van der Waals surface area contributed by atoms with Crippen LogP contribution in [0.1, 0.15) is 47.1 Å². The number of halogens is 1. The number of hydrogen-bond donors (Lipinski definition) is 0. The summed E-state index contributed by atoms with van der Waals surface area (Å²) in [5.74, 6) is 0.124. The van der Waals surface area contributed by atoms with Crippen molar-refractivity contribution in [1.29, 1.82) is 0 Å². The average molecular weight is 577 g/mol. The molecule has 4 aromatic rings. The van der Waals surface area contributed by atoms with Gasteiger partial charge in [-0.05, 0) is 68.3 Å². The van der Waals surface area contributed by atoms with Gasteiger partial charge in [0, 0.05) is 16.7 Å². The Morgan fingerprint density at radius 3 is 2.52 bits per heavy atom. The van der Waals surface area contributed by atoms with Crippen LogP contribution in [0.5, 0.6) is 0 Å². The number of furan rings is 1. The summed E-state index contributed by atoms with van der Waals surface area (Å²) < 4.78 is 18.1. The van der Waals surface area contributed by atoms with Crippen molar-refractivity contribution in [3.63, 3.8) is 0 Å². The van der Waals surface area contributed by atoms with E-state index < -0.39 is 18.0 Å². The van der Waals surface area contributed by atoms with Crippen LogP contribution in [0.3, 0.4) is 0 Å². The number of thiazole rings is 1. The number of aryl methyl sites for hydroxylation is 1. The molecule has 2 aromatic carbocycles. The lowest BCUT2D eigenvalue weighted by Gasteiger charge is -2.24. The summed E-state index contributed by atoms with van der Waals surface area (Å²) >= 11 is 7.32. The van der Waals surface area contributed by atoms with E-state index in [9.17, 15) is 14.4 Å². The minimum absolute atomic E-state index is 0.194. The fourth-order valence-electron chi connectivity index (χ4n) is 4.64. The van der Waals surface area contributed by atoms with Crippen molar-refractivity contribution in [2.75, 3.05) is 13.7 Å². The highest BCUT2D eigenvalue weighted by Gasteiger charge is 2.33. The lowest BCUT2D eigenvalue weighted by molar-refractivity contribution is -0.139. The SMILES string of the molecule is CCOC(=O)C1=C(C)N=c2s/c(=C/c3ccc(-c4ccc(C(=O)OC)cc4C)o3)c(=O)n2[C@H]1c1ccc(Cl)cc1. The van der Waals surface area contributed by atoms with Crippen molar-refractivity contribution in [1.82, 2.24) is 4.57 Å². The highest BCUT2D eigenvalue weighted by molar-refractivity contribution is 7.07. The summed E-state index contributed by atoms with van der Waals surface area (Å²) in [6.07, 6.45) is 1.66. The van der Waals surface area contributed by atoms with Gasteiger partial charge < -0.3 is 13.9 Å². The summed E-state index contributed by atoms with van der Waals surface area (Å²) in [6, 6.07) is 15.1. The van der Waals surface area contributed by atoms with E-state index in [-0.39, 0.29) is 12.2 Å². The fourth-order valence-corrected chi connectivity index (χ4v) is 5.79. The molecule has 1 aliphatic heterocycles. The molecule has 1 atom stereocenters. The second kappa shape index (κ2) is 11.1. The van der Waals surface area contributed by atoms with Crippen LogP contribution in [-0.4, -0.2) is 30.2 Å². The summed E-state index contributed by atoms with van der Waals surface area (Å²) in [5.41, 5.74) is 3.28. The number of aromatic nitrogens is 1. The zero-order chi connectivity index (χ0) is 28.6. The molecule has 3 heterocycles. The number of carbonyl (C=O) groups is 2. The molecule has 0 saturated heterocycles. The van der Waals surface area contributed by atoms with Gasteiger partial charge in [0.05, 0.1) is 41.1 Å². The Hall–Kier alpha value is -4.21. The number of nitrogens with zero attached hydrogens (tertiary/aromatic N) is 2. The van der Waals surface area contributed by atoms with Crippen molar-refractivity contribution in [2.45, 2.75) is 26.8 Å². The standard InChI is InChI=1S/C30H25ClN2O6S/c1-5-38-29(36)25-17(3)32-30-33(26(25)18-6-9-20(31)10-7-18)27(34)24(40-30)15-21-11-13-23(39-21)22-12-8-19(14-16(22)2)28(35)37-4/h6-15,26H,5H2,1-4H3/b24-15+/t26-/m0/s1. The van der Waals surface area contributed by atoms with Crippen LogP contribution in [0.25, 0.3) is 17.4 Å². The molecule has 8 nitrogen and oxygen atoms in total. The van der Waals surface area contributed by atoms with Crippen molar-refractivity contribution in [2.24, 2.45) is 4.99 Å². The molecule has 0 bridgehead atoms. The molecule has 0 amide bonds. The van der Waals surface area contributed by atoms with Gasteiger partial charge in [-0.3, -0.25) is 9.36 Å². The lowest BCUT2D eigenvalue weighted by atomic mass is 9.96. The number of ether oxygens (including phenoxy) is 2. The monoisotopic (exact) mass is 576 g/mol. The minimum atomic E-state index is -0.724. The van der Waals surface area contributed by atoms with Crippen LogP contribution in [0.2, 0.25) is 5.02 Å². The van der Waals surface area contributed by atoms with Crippen LogP contribution in [0, 0.1) is 6.92 Å². The lowest BCUT2D eigenvalue weighted by Crippen LogP contribution is -2.39. The Morgan fingerprint density at radius 1 is 1.10 bits per heavy atom. The maximum atomic E-state index is 13.8. The maximum absolute atomic E-state index is 13.8. The van der Waals surface area contributed by atoms with Gasteiger partial charge in [-0.15, -0.1) is 0 Å². The third-order valence-electron chi connectivity index (χ3n) is 6.52. The highest BCUT2D eigenvalue weighted by atomic mass is 35.5. The van der Waals surface area contributed by atoms with E-state index in [4.69, 9.17) is 25.5 Å². The topological polar surface area (TPSA) is 100 Å². The number of fused-ring (bicyclic) bond motifs is 1. The molecule has 10 heteroatoms. The van der Waals surface area contributed by atoms with E-state index in [0.717, 1.165) is 11.1 Å². The van der Waals surface area contributed by atoms with E-state index in [1.54, 1.807) is 68.5 Å². The molecule has 0 N–H and O–H groups in total. The second-order valence-electron chi connectivity index (χ2n) is 9.08. The number of hydrogen-bond acceptors (Lipinski definition) is 8. The van der Waals surface area contributed by atoms with Gasteiger partial charge in [0.25, 0.3) is 5.56 Å². The minimum Gasteiger partial charge on any atom is -0.465 e. The van der Waals surface area contributed by atoms with Gasteiger partial charge in [0.15, 0.2) is 4.80 Å². The third kappa shape index (κ3) is 5.05. The smallest absolute Gasteiger partial charge is 0.338 e. The van der Waals surface area contributed by atoms with Crippen LogP contribution in [0.4, 0.5) is 0 Å². The molecule has 1 aliphatic rings. The first-order valence-corrected chi connectivity index (χ1v) is 13.7. The quantitative estimate of drug-likeness (QED) is 0.306. The number of esters is 2. The molecule has 204 valence electrons. The van der Waals surface area contributed by atoms with Crippen LogP contribution in [-0.2, 0) is 14.3 Å². The van der Waals surface area contributed by atoms with Crippen molar-refractivity contribution < 1.29 is 23.5 Å². The van der Waals surface area contributed by atoms with E-state index in [1.165, 1.54) is 23.0 Å². The first-order valence-electron chi connectivity index (χ1n) is 12.5. The van der Waals surface area contributed by atoms with E-state index >= 15 is 0 Å². The molecule has 0 saturated carbocycles. The number of benzene rings is 2. The van der Waals surface area contributed by atoms with Crippen LogP contribution < -0.4 is 14.9 Å². The number of carbonyl (C=O) groups excluding carboxylic acids is 2. The van der Waals surface area contributed by atoms with Gasteiger partial charge in [0.2, 0.25) is 0 Å². The average Bonchev–Trinajstić information content (AvgIpc) is 3.52. The summed E-state index contributed by atoms with van der Waals surface area (Å²) in [6.45, 7) is 5.53. The number of rotatable bonds is 6.